The number of fused-ring (bicyclic) bond motifs is 1. The van der Waals surface area contributed by atoms with Crippen LogP contribution in [0.2, 0.25) is 0 Å². The van der Waals surface area contributed by atoms with E-state index in [1.54, 1.807) is 12.1 Å². The molecule has 0 bridgehead atoms. The molecule has 1 saturated heterocycles. The molecule has 1 aliphatic carbocycles. The first-order valence-corrected chi connectivity index (χ1v) is 12.9. The molecular formula is C25H35N3O3S. The predicted octanol–water partition coefficient (Wildman–Crippen LogP) is 3.33. The van der Waals surface area contributed by atoms with Crippen molar-refractivity contribution in [3.8, 4) is 5.75 Å². The molecule has 0 saturated carbocycles. The third-order valence-corrected chi connectivity index (χ3v) is 7.99. The van der Waals surface area contributed by atoms with Crippen molar-refractivity contribution < 1.29 is 13.2 Å². The lowest BCUT2D eigenvalue weighted by Gasteiger charge is -2.41. The Balaban J connectivity index is 1.70. The fourth-order valence-electron chi connectivity index (χ4n) is 5.32. The molecule has 1 unspecified atom stereocenters. The number of hydrogen-bond donors (Lipinski definition) is 1. The van der Waals surface area contributed by atoms with E-state index in [4.69, 9.17) is 9.88 Å². The monoisotopic (exact) mass is 457 g/mol. The highest BCUT2D eigenvalue weighted by molar-refractivity contribution is 7.89. The molecule has 32 heavy (non-hydrogen) atoms. The highest BCUT2D eigenvalue weighted by Gasteiger charge is 2.41. The average molecular weight is 458 g/mol. The molecule has 2 aromatic rings. The SMILES string of the molecule is Cc1cc(C)c2c(c1)[C@H](Oc1ccc(S(N)(=O)=O)cc1C)C(N1CCC[C@@H](N(C)C)C1)C2. The van der Waals surface area contributed by atoms with Gasteiger partial charge in [0.2, 0.25) is 10.0 Å². The van der Waals surface area contributed by atoms with Gasteiger partial charge in [-0.05, 0) is 101 Å². The topological polar surface area (TPSA) is 75.9 Å². The van der Waals surface area contributed by atoms with Gasteiger partial charge in [0.25, 0.3) is 0 Å². The Labute approximate surface area is 192 Å². The number of likely N-dealkylation sites (N-methyl/N-ethyl adjacent to an activating group) is 1. The van der Waals surface area contributed by atoms with E-state index in [1.165, 1.54) is 41.2 Å². The first-order chi connectivity index (χ1) is 15.0. The average Bonchev–Trinajstić information content (AvgIpc) is 3.07. The van der Waals surface area contributed by atoms with E-state index < -0.39 is 10.0 Å². The molecule has 7 heteroatoms. The largest absolute Gasteiger partial charge is 0.484 e. The predicted molar refractivity (Wildman–Crippen MR) is 128 cm³/mol. The van der Waals surface area contributed by atoms with E-state index in [2.05, 4.69) is 49.9 Å². The zero-order valence-electron chi connectivity index (χ0n) is 19.8. The van der Waals surface area contributed by atoms with Crippen molar-refractivity contribution in [1.82, 2.24) is 9.80 Å². The van der Waals surface area contributed by atoms with Gasteiger partial charge < -0.3 is 9.64 Å². The fraction of sp³-hybridized carbons (Fsp3) is 0.520. The highest BCUT2D eigenvalue weighted by Crippen LogP contribution is 2.41. The summed E-state index contributed by atoms with van der Waals surface area (Å²) in [7, 11) is 0.584. The van der Waals surface area contributed by atoms with Gasteiger partial charge in [-0.2, -0.15) is 0 Å². The lowest BCUT2D eigenvalue weighted by atomic mass is 10.00. The number of ether oxygens (including phenoxy) is 1. The maximum absolute atomic E-state index is 11.8. The molecule has 0 radical (unpaired) electrons. The highest BCUT2D eigenvalue weighted by atomic mass is 32.2. The van der Waals surface area contributed by atoms with Crippen molar-refractivity contribution in [2.75, 3.05) is 27.2 Å². The molecule has 3 atom stereocenters. The van der Waals surface area contributed by atoms with Gasteiger partial charge in [-0.1, -0.05) is 17.7 Å². The van der Waals surface area contributed by atoms with Gasteiger partial charge in [0.1, 0.15) is 11.9 Å². The van der Waals surface area contributed by atoms with Crippen molar-refractivity contribution in [3.05, 3.63) is 58.1 Å². The molecule has 0 spiro atoms. The lowest BCUT2D eigenvalue weighted by Crippen LogP contribution is -2.51. The van der Waals surface area contributed by atoms with Crippen molar-refractivity contribution >= 4 is 10.0 Å². The maximum Gasteiger partial charge on any atom is 0.238 e. The molecule has 6 nitrogen and oxygen atoms in total. The number of hydrogen-bond acceptors (Lipinski definition) is 5. The third kappa shape index (κ3) is 4.57. The summed E-state index contributed by atoms with van der Waals surface area (Å²) in [6.07, 6.45) is 3.29. The molecule has 0 amide bonds. The van der Waals surface area contributed by atoms with Crippen LogP contribution in [0.5, 0.6) is 5.75 Å². The summed E-state index contributed by atoms with van der Waals surface area (Å²) < 4.78 is 30.2. The number of nitrogens with zero attached hydrogens (tertiary/aromatic N) is 2. The molecule has 1 aliphatic heterocycles. The summed E-state index contributed by atoms with van der Waals surface area (Å²) in [6, 6.07) is 10.2. The van der Waals surface area contributed by atoms with Crippen molar-refractivity contribution in [2.24, 2.45) is 5.14 Å². The number of sulfonamides is 1. The van der Waals surface area contributed by atoms with Gasteiger partial charge in [-0.25, -0.2) is 13.6 Å². The first-order valence-electron chi connectivity index (χ1n) is 11.3. The smallest absolute Gasteiger partial charge is 0.238 e. The quantitative estimate of drug-likeness (QED) is 0.745. The van der Waals surface area contributed by atoms with Crippen LogP contribution in [0.25, 0.3) is 0 Å². The second-order valence-corrected chi connectivity index (χ2v) is 11.2. The molecule has 174 valence electrons. The molecule has 4 rings (SSSR count). The zero-order valence-corrected chi connectivity index (χ0v) is 20.6. The second kappa shape index (κ2) is 8.78. The van der Waals surface area contributed by atoms with Crippen LogP contribution in [0, 0.1) is 20.8 Å². The van der Waals surface area contributed by atoms with E-state index >= 15 is 0 Å². The molecule has 0 aromatic heterocycles. The minimum atomic E-state index is -3.74. The molecular weight excluding hydrogens is 422 g/mol. The van der Waals surface area contributed by atoms with Crippen LogP contribution < -0.4 is 9.88 Å². The summed E-state index contributed by atoms with van der Waals surface area (Å²) in [5, 5.41) is 5.31. The van der Waals surface area contributed by atoms with Gasteiger partial charge in [0.05, 0.1) is 10.9 Å². The maximum atomic E-state index is 11.8. The normalized spacial score (nSPS) is 24.0. The number of piperidine rings is 1. The van der Waals surface area contributed by atoms with Gasteiger partial charge in [-0.3, -0.25) is 4.90 Å². The Morgan fingerprint density at radius 3 is 2.50 bits per heavy atom. The van der Waals surface area contributed by atoms with E-state index in [0.717, 1.165) is 25.1 Å². The lowest BCUT2D eigenvalue weighted by molar-refractivity contribution is 0.0377. The number of rotatable bonds is 5. The molecule has 2 aliphatic rings. The van der Waals surface area contributed by atoms with Crippen LogP contribution >= 0.6 is 0 Å². The van der Waals surface area contributed by atoms with E-state index in [1.807, 2.05) is 6.92 Å². The van der Waals surface area contributed by atoms with Gasteiger partial charge in [-0.15, -0.1) is 0 Å². The standard InChI is InChI=1S/C25H35N3O3S/c1-16-11-17(2)21-14-23(28-10-6-7-19(15-28)27(4)5)25(22(21)12-16)31-24-9-8-20(13-18(24)3)32(26,29)30/h8-9,11-13,19,23,25H,6-7,10,14-15H2,1-5H3,(H2,26,29,30)/t19-,23?,25+/m1/s1. The molecule has 2 N–H and O–H groups in total. The van der Waals surface area contributed by atoms with Crippen molar-refractivity contribution in [3.63, 3.8) is 0 Å². The number of primary sulfonamides is 1. The Morgan fingerprint density at radius 1 is 1.09 bits per heavy atom. The Morgan fingerprint density at radius 2 is 1.84 bits per heavy atom. The van der Waals surface area contributed by atoms with E-state index in [0.29, 0.717) is 11.8 Å². The minimum Gasteiger partial charge on any atom is -0.484 e. The van der Waals surface area contributed by atoms with Crippen LogP contribution in [0.15, 0.2) is 35.2 Å². The third-order valence-electron chi connectivity index (χ3n) is 7.08. The van der Waals surface area contributed by atoms with E-state index in [9.17, 15) is 8.42 Å². The number of aryl methyl sites for hydroxylation is 3. The first kappa shape index (κ1) is 23.2. The van der Waals surface area contributed by atoms with Gasteiger partial charge in [0, 0.05) is 12.6 Å². The number of likely N-dealkylation sites (tertiary alicyclic amines) is 1. The molecule has 2 aromatic carbocycles. The van der Waals surface area contributed by atoms with E-state index in [-0.39, 0.29) is 17.0 Å². The second-order valence-electron chi connectivity index (χ2n) is 9.69. The van der Waals surface area contributed by atoms with Crippen LogP contribution in [-0.4, -0.2) is 57.5 Å². The number of benzene rings is 2. The minimum absolute atomic E-state index is 0.0939. The van der Waals surface area contributed by atoms with Crippen LogP contribution in [0.3, 0.4) is 0 Å². The van der Waals surface area contributed by atoms with Crippen molar-refractivity contribution in [1.29, 1.82) is 0 Å². The summed E-state index contributed by atoms with van der Waals surface area (Å²) >= 11 is 0. The Bertz CT molecular complexity index is 1110. The summed E-state index contributed by atoms with van der Waals surface area (Å²) in [4.78, 5) is 5.04. The van der Waals surface area contributed by atoms with Gasteiger partial charge >= 0.3 is 0 Å². The molecule has 1 heterocycles. The summed E-state index contributed by atoms with van der Waals surface area (Å²) in [5.41, 5.74) is 5.98. The number of nitrogens with two attached hydrogens (primary N) is 1. The Kier molecular flexibility index (Phi) is 6.38. The Hall–Kier alpha value is -1.93. The van der Waals surface area contributed by atoms with Crippen LogP contribution in [0.4, 0.5) is 0 Å². The zero-order chi connectivity index (χ0) is 23.2. The van der Waals surface area contributed by atoms with Gasteiger partial charge in [0.15, 0.2) is 0 Å². The molecule has 1 fully saturated rings. The van der Waals surface area contributed by atoms with Crippen LogP contribution in [0.1, 0.15) is 46.8 Å². The summed E-state index contributed by atoms with van der Waals surface area (Å²) in [6.45, 7) is 8.31. The summed E-state index contributed by atoms with van der Waals surface area (Å²) in [5.74, 6) is 0.709. The fourth-order valence-corrected chi connectivity index (χ4v) is 5.92. The van der Waals surface area contributed by atoms with Crippen molar-refractivity contribution in [2.45, 2.75) is 63.1 Å². The van der Waals surface area contributed by atoms with Crippen LogP contribution in [-0.2, 0) is 16.4 Å².